The van der Waals surface area contributed by atoms with Gasteiger partial charge in [-0.2, -0.15) is 13.2 Å². The second kappa shape index (κ2) is 7.21. The van der Waals surface area contributed by atoms with Gasteiger partial charge in [-0.25, -0.2) is 0 Å². The maximum atomic E-state index is 12.4. The number of carbonyl (C=O) groups excluding carboxylic acids is 1. The summed E-state index contributed by atoms with van der Waals surface area (Å²) in [7, 11) is 0. The molecule has 0 radical (unpaired) electrons. The van der Waals surface area contributed by atoms with E-state index in [2.05, 4.69) is 5.32 Å². The van der Waals surface area contributed by atoms with Crippen molar-refractivity contribution >= 4 is 5.91 Å². The van der Waals surface area contributed by atoms with Crippen LogP contribution in [0.25, 0.3) is 0 Å². The van der Waals surface area contributed by atoms with Crippen LogP contribution in [0.2, 0.25) is 0 Å². The Labute approximate surface area is 133 Å². The van der Waals surface area contributed by atoms with Crippen LogP contribution in [-0.4, -0.2) is 24.6 Å². The Morgan fingerprint density at radius 3 is 2.35 bits per heavy atom. The van der Waals surface area contributed by atoms with Crippen LogP contribution in [0.1, 0.15) is 37.7 Å². The Morgan fingerprint density at radius 2 is 1.78 bits per heavy atom. The van der Waals surface area contributed by atoms with E-state index in [1.807, 2.05) is 0 Å². The van der Waals surface area contributed by atoms with Gasteiger partial charge in [-0.1, -0.05) is 19.3 Å². The molecular weight excluding hydrogens is 309 g/mol. The summed E-state index contributed by atoms with van der Waals surface area (Å²) in [5.74, 6) is 0.139. The first-order chi connectivity index (χ1) is 10.8. The molecule has 0 atom stereocenters. The van der Waals surface area contributed by atoms with Gasteiger partial charge in [0, 0.05) is 0 Å². The lowest BCUT2D eigenvalue weighted by atomic mass is 9.82. The standard InChI is InChI=1S/C16H21F3N2O2/c17-16(18,19)12-4-6-13(7-5-12)23-11-10-21-14(22)15(20)8-2-1-3-9-15/h4-7H,1-3,8-11,20H2,(H,21,22). The molecule has 128 valence electrons. The molecule has 3 N–H and O–H groups in total. The molecule has 4 nitrogen and oxygen atoms in total. The molecule has 7 heteroatoms. The minimum absolute atomic E-state index is 0.174. The number of benzene rings is 1. The van der Waals surface area contributed by atoms with Gasteiger partial charge in [0.2, 0.25) is 5.91 Å². The molecule has 1 amide bonds. The van der Waals surface area contributed by atoms with Crippen LogP contribution >= 0.6 is 0 Å². The Balaban J connectivity index is 1.74. The molecule has 2 rings (SSSR count). The van der Waals surface area contributed by atoms with Crippen molar-refractivity contribution in [3.05, 3.63) is 29.8 Å². The fourth-order valence-electron chi connectivity index (χ4n) is 2.66. The van der Waals surface area contributed by atoms with Gasteiger partial charge in [0.15, 0.2) is 0 Å². The second-order valence-electron chi connectivity index (χ2n) is 5.84. The highest BCUT2D eigenvalue weighted by Gasteiger charge is 2.34. The van der Waals surface area contributed by atoms with Crippen molar-refractivity contribution in [2.75, 3.05) is 13.2 Å². The molecule has 23 heavy (non-hydrogen) atoms. The highest BCUT2D eigenvalue weighted by Crippen LogP contribution is 2.30. The molecule has 0 heterocycles. The fraction of sp³-hybridized carbons (Fsp3) is 0.562. The smallest absolute Gasteiger partial charge is 0.416 e. The van der Waals surface area contributed by atoms with Gasteiger partial charge in [-0.05, 0) is 37.1 Å². The number of halogens is 3. The van der Waals surface area contributed by atoms with E-state index in [0.29, 0.717) is 18.6 Å². The molecule has 0 saturated heterocycles. The van der Waals surface area contributed by atoms with E-state index < -0.39 is 17.3 Å². The number of carbonyl (C=O) groups is 1. The third-order valence-electron chi connectivity index (χ3n) is 4.04. The topological polar surface area (TPSA) is 64.4 Å². The first kappa shape index (κ1) is 17.6. The average molecular weight is 330 g/mol. The summed E-state index contributed by atoms with van der Waals surface area (Å²) in [6.07, 6.45) is 0.000343. The largest absolute Gasteiger partial charge is 0.492 e. The summed E-state index contributed by atoms with van der Waals surface area (Å²) in [4.78, 5) is 12.1. The highest BCUT2D eigenvalue weighted by atomic mass is 19.4. The van der Waals surface area contributed by atoms with E-state index >= 15 is 0 Å². The fourth-order valence-corrected chi connectivity index (χ4v) is 2.66. The van der Waals surface area contributed by atoms with Crippen LogP contribution in [0.15, 0.2) is 24.3 Å². The van der Waals surface area contributed by atoms with E-state index in [1.165, 1.54) is 12.1 Å². The molecule has 0 aromatic heterocycles. The van der Waals surface area contributed by atoms with Crippen molar-refractivity contribution in [1.29, 1.82) is 0 Å². The SMILES string of the molecule is NC1(C(=O)NCCOc2ccc(C(F)(F)F)cc2)CCCCC1. The van der Waals surface area contributed by atoms with Gasteiger partial charge in [0.25, 0.3) is 0 Å². The molecule has 0 spiro atoms. The zero-order valence-electron chi connectivity index (χ0n) is 12.8. The van der Waals surface area contributed by atoms with Crippen molar-refractivity contribution in [3.8, 4) is 5.75 Å². The van der Waals surface area contributed by atoms with Crippen molar-refractivity contribution in [3.63, 3.8) is 0 Å². The van der Waals surface area contributed by atoms with Crippen LogP contribution in [-0.2, 0) is 11.0 Å². The Bertz CT molecular complexity index is 523. The van der Waals surface area contributed by atoms with Crippen LogP contribution in [0.3, 0.4) is 0 Å². The summed E-state index contributed by atoms with van der Waals surface area (Å²) in [5.41, 5.74) is 4.57. The third-order valence-corrected chi connectivity index (χ3v) is 4.04. The number of nitrogens with two attached hydrogens (primary N) is 1. The Kier molecular flexibility index (Phi) is 5.51. The molecule has 0 unspecified atom stereocenters. The normalized spacial score (nSPS) is 17.6. The van der Waals surface area contributed by atoms with E-state index in [1.54, 1.807) is 0 Å². The maximum Gasteiger partial charge on any atom is 0.416 e. The van der Waals surface area contributed by atoms with Crippen LogP contribution in [0.4, 0.5) is 13.2 Å². The van der Waals surface area contributed by atoms with Gasteiger partial charge in [0.05, 0.1) is 17.6 Å². The summed E-state index contributed by atoms with van der Waals surface area (Å²) in [6, 6.07) is 4.45. The predicted octanol–water partition coefficient (Wildman–Crippen LogP) is 2.86. The summed E-state index contributed by atoms with van der Waals surface area (Å²) in [6.45, 7) is 0.436. The molecule has 1 aliphatic rings. The number of nitrogens with one attached hydrogen (secondary N) is 1. The van der Waals surface area contributed by atoms with E-state index in [9.17, 15) is 18.0 Å². The van der Waals surface area contributed by atoms with Crippen molar-refractivity contribution in [2.45, 2.75) is 43.8 Å². The maximum absolute atomic E-state index is 12.4. The van der Waals surface area contributed by atoms with E-state index in [0.717, 1.165) is 31.4 Å². The quantitative estimate of drug-likeness (QED) is 0.816. The third kappa shape index (κ3) is 4.86. The number of hydrogen-bond donors (Lipinski definition) is 2. The first-order valence-electron chi connectivity index (χ1n) is 7.68. The van der Waals surface area contributed by atoms with Crippen molar-refractivity contribution in [1.82, 2.24) is 5.32 Å². The minimum atomic E-state index is -4.36. The zero-order chi connectivity index (χ0) is 16.9. The molecule has 1 saturated carbocycles. The van der Waals surface area contributed by atoms with Gasteiger partial charge in [-0.3, -0.25) is 4.79 Å². The minimum Gasteiger partial charge on any atom is -0.492 e. The molecular formula is C16H21F3N2O2. The second-order valence-corrected chi connectivity index (χ2v) is 5.84. The summed E-state index contributed by atoms with van der Waals surface area (Å²) in [5, 5.41) is 2.73. The van der Waals surface area contributed by atoms with E-state index in [-0.39, 0.29) is 19.1 Å². The van der Waals surface area contributed by atoms with Crippen LogP contribution < -0.4 is 15.8 Å². The lowest BCUT2D eigenvalue weighted by molar-refractivity contribution is -0.137. The van der Waals surface area contributed by atoms with Crippen LogP contribution in [0.5, 0.6) is 5.75 Å². The molecule has 0 bridgehead atoms. The summed E-state index contributed by atoms with van der Waals surface area (Å²) >= 11 is 0. The molecule has 1 aromatic carbocycles. The predicted molar refractivity (Wildman–Crippen MR) is 80.0 cm³/mol. The molecule has 1 fully saturated rings. The van der Waals surface area contributed by atoms with Gasteiger partial charge < -0.3 is 15.8 Å². The Hall–Kier alpha value is -1.76. The average Bonchev–Trinajstić information content (AvgIpc) is 2.51. The van der Waals surface area contributed by atoms with Gasteiger partial charge >= 0.3 is 6.18 Å². The molecule has 1 aromatic rings. The van der Waals surface area contributed by atoms with Gasteiger partial charge in [-0.15, -0.1) is 0 Å². The zero-order valence-corrected chi connectivity index (χ0v) is 12.8. The summed E-state index contributed by atoms with van der Waals surface area (Å²) < 4.78 is 42.6. The number of amides is 1. The molecule has 1 aliphatic carbocycles. The number of rotatable bonds is 5. The molecule has 0 aliphatic heterocycles. The van der Waals surface area contributed by atoms with Crippen molar-refractivity contribution in [2.24, 2.45) is 5.73 Å². The van der Waals surface area contributed by atoms with Crippen LogP contribution in [0, 0.1) is 0 Å². The Morgan fingerprint density at radius 1 is 1.17 bits per heavy atom. The number of ether oxygens (including phenoxy) is 1. The number of hydrogen-bond acceptors (Lipinski definition) is 3. The van der Waals surface area contributed by atoms with E-state index in [4.69, 9.17) is 10.5 Å². The lowest BCUT2D eigenvalue weighted by Gasteiger charge is -2.31. The first-order valence-corrected chi connectivity index (χ1v) is 7.68. The van der Waals surface area contributed by atoms with Crippen molar-refractivity contribution < 1.29 is 22.7 Å². The monoisotopic (exact) mass is 330 g/mol. The highest BCUT2D eigenvalue weighted by molar-refractivity contribution is 5.86. The number of alkyl halides is 3. The van der Waals surface area contributed by atoms with Gasteiger partial charge in [0.1, 0.15) is 12.4 Å². The lowest BCUT2D eigenvalue weighted by Crippen LogP contribution is -2.55.